The van der Waals surface area contributed by atoms with Crippen molar-refractivity contribution in [1.82, 2.24) is 15.0 Å². The highest BCUT2D eigenvalue weighted by Crippen LogP contribution is 2.26. The lowest BCUT2D eigenvalue weighted by Gasteiger charge is -2.19. The van der Waals surface area contributed by atoms with Crippen molar-refractivity contribution in [2.75, 3.05) is 19.0 Å². The molecule has 0 amide bonds. The highest BCUT2D eigenvalue weighted by Gasteiger charge is 2.20. The summed E-state index contributed by atoms with van der Waals surface area (Å²) in [5.74, 6) is -0.331. The molecule has 0 radical (unpaired) electrons. The molecule has 1 atom stereocenters. The van der Waals surface area contributed by atoms with E-state index in [0.717, 1.165) is 50.2 Å². The number of fused-ring (bicyclic) bond motifs is 1. The smallest absolute Gasteiger partial charge is 0.316 e. The Balaban J connectivity index is 1.50. The lowest BCUT2D eigenvalue weighted by Crippen LogP contribution is -2.15. The van der Waals surface area contributed by atoms with E-state index in [2.05, 4.69) is 28.3 Å². The molecule has 0 aliphatic carbocycles. The zero-order valence-corrected chi connectivity index (χ0v) is 18.2. The first-order chi connectivity index (χ1) is 15.0. The molecule has 0 aromatic carbocycles. The van der Waals surface area contributed by atoms with Crippen LogP contribution in [0.5, 0.6) is 6.01 Å². The first-order valence-corrected chi connectivity index (χ1v) is 10.8. The molecule has 1 aliphatic rings. The van der Waals surface area contributed by atoms with Gasteiger partial charge in [0, 0.05) is 43.4 Å². The highest BCUT2D eigenvalue weighted by atomic mass is 16.5. The SMILES string of the molecule is COc1ncc(C(CC(=O)O)CC(=O)CCCCc2nc3c(cc2C)CCCN3)cn1. The summed E-state index contributed by atoms with van der Waals surface area (Å²) in [5.41, 5.74) is 4.21. The van der Waals surface area contributed by atoms with E-state index >= 15 is 0 Å². The molecule has 2 N–H and O–H groups in total. The van der Waals surface area contributed by atoms with Crippen LogP contribution in [-0.2, 0) is 22.4 Å². The van der Waals surface area contributed by atoms with Gasteiger partial charge in [0.05, 0.1) is 13.5 Å². The molecule has 31 heavy (non-hydrogen) atoms. The number of carbonyl (C=O) groups excluding carboxylic acids is 1. The van der Waals surface area contributed by atoms with Gasteiger partial charge < -0.3 is 15.2 Å². The van der Waals surface area contributed by atoms with Crippen molar-refractivity contribution >= 4 is 17.6 Å². The van der Waals surface area contributed by atoms with Crippen LogP contribution in [0.4, 0.5) is 5.82 Å². The number of Topliss-reactive ketones (excluding diaryl/α,β-unsaturated/α-hetero) is 1. The van der Waals surface area contributed by atoms with Gasteiger partial charge in [-0.1, -0.05) is 6.07 Å². The second-order valence-corrected chi connectivity index (χ2v) is 8.04. The summed E-state index contributed by atoms with van der Waals surface area (Å²) in [6.45, 7) is 3.06. The molecule has 1 unspecified atom stereocenters. The van der Waals surface area contributed by atoms with Gasteiger partial charge in [-0.05, 0) is 55.7 Å². The molecular weight excluding hydrogens is 396 g/mol. The van der Waals surface area contributed by atoms with Gasteiger partial charge in [0.15, 0.2) is 0 Å². The highest BCUT2D eigenvalue weighted by molar-refractivity contribution is 5.80. The molecule has 8 nitrogen and oxygen atoms in total. The van der Waals surface area contributed by atoms with Crippen LogP contribution in [-0.4, -0.2) is 45.5 Å². The zero-order chi connectivity index (χ0) is 22.2. The number of methoxy groups -OCH3 is 1. The molecule has 0 spiro atoms. The van der Waals surface area contributed by atoms with Gasteiger partial charge in [-0.25, -0.2) is 15.0 Å². The van der Waals surface area contributed by atoms with E-state index in [0.29, 0.717) is 12.0 Å². The number of aliphatic carboxylic acids is 1. The van der Waals surface area contributed by atoms with E-state index in [1.165, 1.54) is 30.6 Å². The molecule has 0 saturated heterocycles. The van der Waals surface area contributed by atoms with Crippen molar-refractivity contribution in [3.05, 3.63) is 40.8 Å². The molecule has 166 valence electrons. The number of rotatable bonds is 11. The molecule has 8 heteroatoms. The van der Waals surface area contributed by atoms with Crippen molar-refractivity contribution in [3.8, 4) is 6.01 Å². The summed E-state index contributed by atoms with van der Waals surface area (Å²) >= 11 is 0. The van der Waals surface area contributed by atoms with E-state index in [-0.39, 0.29) is 24.6 Å². The third-order valence-corrected chi connectivity index (χ3v) is 5.63. The molecule has 2 aromatic rings. The minimum absolute atomic E-state index is 0.0545. The predicted molar refractivity (Wildman–Crippen MR) is 117 cm³/mol. The number of ketones is 1. The summed E-state index contributed by atoms with van der Waals surface area (Å²) in [6.07, 6.45) is 8.19. The first kappa shape index (κ1) is 22.7. The van der Waals surface area contributed by atoms with Gasteiger partial charge in [-0.3, -0.25) is 9.59 Å². The lowest BCUT2D eigenvalue weighted by atomic mass is 9.91. The second-order valence-electron chi connectivity index (χ2n) is 8.04. The second kappa shape index (κ2) is 10.8. The van der Waals surface area contributed by atoms with E-state index in [9.17, 15) is 14.7 Å². The summed E-state index contributed by atoms with van der Waals surface area (Å²) in [4.78, 5) is 36.6. The zero-order valence-electron chi connectivity index (χ0n) is 18.2. The number of nitrogens with zero attached hydrogens (tertiary/aromatic N) is 3. The third-order valence-electron chi connectivity index (χ3n) is 5.63. The number of carboxylic acid groups (broad SMARTS) is 1. The van der Waals surface area contributed by atoms with Crippen LogP contribution in [0.15, 0.2) is 18.5 Å². The fourth-order valence-corrected chi connectivity index (χ4v) is 3.94. The van der Waals surface area contributed by atoms with Crippen molar-refractivity contribution in [2.45, 2.75) is 64.2 Å². The predicted octanol–water partition coefficient (Wildman–Crippen LogP) is 3.48. The molecule has 1 aliphatic heterocycles. The van der Waals surface area contributed by atoms with Gasteiger partial charge in [0.2, 0.25) is 0 Å². The number of hydrogen-bond donors (Lipinski definition) is 2. The molecule has 3 rings (SSSR count). The number of unbranched alkanes of at least 4 members (excludes halogenated alkanes) is 1. The summed E-state index contributed by atoms with van der Waals surface area (Å²) in [5, 5.41) is 12.6. The number of carbonyl (C=O) groups is 2. The van der Waals surface area contributed by atoms with Crippen LogP contribution in [0.2, 0.25) is 0 Å². The number of nitrogens with one attached hydrogen (secondary N) is 1. The number of pyridine rings is 1. The van der Waals surface area contributed by atoms with Crippen LogP contribution in [0, 0.1) is 6.92 Å². The standard InChI is InChI=1S/C23H30N4O4/c1-15-10-16-6-5-9-24-22(16)27-20(15)8-4-3-7-19(28)11-17(12-21(29)30)18-13-25-23(31-2)26-14-18/h10,13-14,17H,3-9,11-12H2,1-2H3,(H,24,27)(H,29,30). The topological polar surface area (TPSA) is 114 Å². The van der Waals surface area contributed by atoms with Crippen molar-refractivity contribution in [2.24, 2.45) is 0 Å². The maximum absolute atomic E-state index is 12.5. The minimum atomic E-state index is -0.948. The molecule has 0 bridgehead atoms. The average Bonchev–Trinajstić information content (AvgIpc) is 2.76. The minimum Gasteiger partial charge on any atom is -0.481 e. The maximum atomic E-state index is 12.5. The fraction of sp³-hybridized carbons (Fsp3) is 0.522. The number of aromatic nitrogens is 3. The summed E-state index contributed by atoms with van der Waals surface area (Å²) in [6, 6.07) is 2.44. The number of carboxylic acids is 1. The van der Waals surface area contributed by atoms with Gasteiger partial charge in [-0.2, -0.15) is 0 Å². The fourth-order valence-electron chi connectivity index (χ4n) is 3.94. The number of hydrogen-bond acceptors (Lipinski definition) is 7. The van der Waals surface area contributed by atoms with Gasteiger partial charge in [-0.15, -0.1) is 0 Å². The van der Waals surface area contributed by atoms with E-state index in [1.54, 1.807) is 0 Å². The van der Waals surface area contributed by atoms with E-state index < -0.39 is 11.9 Å². The van der Waals surface area contributed by atoms with Crippen LogP contribution >= 0.6 is 0 Å². The van der Waals surface area contributed by atoms with Crippen molar-refractivity contribution < 1.29 is 19.4 Å². The molecular formula is C23H30N4O4. The Morgan fingerprint density at radius 3 is 2.71 bits per heavy atom. The maximum Gasteiger partial charge on any atom is 0.316 e. The molecule has 0 saturated carbocycles. The van der Waals surface area contributed by atoms with Gasteiger partial charge in [0.25, 0.3) is 0 Å². The monoisotopic (exact) mass is 426 g/mol. The Bertz CT molecular complexity index is 915. The Hall–Kier alpha value is -3.03. The van der Waals surface area contributed by atoms with Crippen molar-refractivity contribution in [1.29, 1.82) is 0 Å². The van der Waals surface area contributed by atoms with Crippen LogP contribution in [0.3, 0.4) is 0 Å². The normalized spacial score (nSPS) is 13.7. The van der Waals surface area contributed by atoms with E-state index in [4.69, 9.17) is 9.72 Å². The molecule has 0 fully saturated rings. The molecule has 2 aromatic heterocycles. The number of aryl methyl sites for hydroxylation is 3. The number of anilines is 1. The van der Waals surface area contributed by atoms with E-state index in [1.807, 2.05) is 0 Å². The largest absolute Gasteiger partial charge is 0.481 e. The van der Waals surface area contributed by atoms with Gasteiger partial charge in [0.1, 0.15) is 11.6 Å². The van der Waals surface area contributed by atoms with Crippen molar-refractivity contribution in [3.63, 3.8) is 0 Å². The third kappa shape index (κ3) is 6.47. The van der Waals surface area contributed by atoms with Crippen LogP contribution in [0.1, 0.15) is 66.8 Å². The van der Waals surface area contributed by atoms with Crippen LogP contribution < -0.4 is 10.1 Å². The van der Waals surface area contributed by atoms with Gasteiger partial charge >= 0.3 is 12.0 Å². The molecule has 3 heterocycles. The average molecular weight is 427 g/mol. The Morgan fingerprint density at radius 1 is 1.23 bits per heavy atom. The Morgan fingerprint density at radius 2 is 2.00 bits per heavy atom. The quantitative estimate of drug-likeness (QED) is 0.525. The number of ether oxygens (including phenoxy) is 1. The summed E-state index contributed by atoms with van der Waals surface area (Å²) in [7, 11) is 1.46. The first-order valence-electron chi connectivity index (χ1n) is 10.8. The van der Waals surface area contributed by atoms with Crippen LogP contribution in [0.25, 0.3) is 0 Å². The Labute approximate surface area is 182 Å². The lowest BCUT2D eigenvalue weighted by molar-refractivity contribution is -0.137. The summed E-state index contributed by atoms with van der Waals surface area (Å²) < 4.78 is 4.94. The Kier molecular flexibility index (Phi) is 7.92.